The van der Waals surface area contributed by atoms with Crippen molar-refractivity contribution in [3.63, 3.8) is 0 Å². The molecule has 0 saturated carbocycles. The highest BCUT2D eigenvalue weighted by Crippen LogP contribution is 2.37. The van der Waals surface area contributed by atoms with Crippen molar-refractivity contribution in [2.75, 3.05) is 13.7 Å². The molecular weight excluding hydrogens is 246 g/mol. The standard InChI is InChI=1S/C18H31NO/c1-13-11-14(2)16(15(12-13)20-8)18(6,7)9-10-19-17(3,4)5/h11-12,19H,9-10H2,1-8H3. The predicted molar refractivity (Wildman–Crippen MR) is 87.9 cm³/mol. The van der Waals surface area contributed by atoms with E-state index in [-0.39, 0.29) is 11.0 Å². The predicted octanol–water partition coefficient (Wildman–Crippen LogP) is 4.37. The summed E-state index contributed by atoms with van der Waals surface area (Å²) in [6, 6.07) is 4.39. The molecule has 0 radical (unpaired) electrons. The third-order valence-electron chi connectivity index (χ3n) is 3.75. The van der Waals surface area contributed by atoms with Gasteiger partial charge in [0.2, 0.25) is 0 Å². The van der Waals surface area contributed by atoms with Crippen LogP contribution < -0.4 is 10.1 Å². The average Bonchev–Trinajstić information content (AvgIpc) is 2.24. The molecule has 2 heteroatoms. The smallest absolute Gasteiger partial charge is 0.123 e. The minimum Gasteiger partial charge on any atom is -0.496 e. The first kappa shape index (κ1) is 17.0. The van der Waals surface area contributed by atoms with Gasteiger partial charge in [0.05, 0.1) is 7.11 Å². The Morgan fingerprint density at radius 3 is 2.15 bits per heavy atom. The van der Waals surface area contributed by atoms with Gasteiger partial charge in [0.15, 0.2) is 0 Å². The Labute approximate surface area is 124 Å². The first-order chi connectivity index (χ1) is 9.07. The van der Waals surface area contributed by atoms with Crippen LogP contribution in [0.3, 0.4) is 0 Å². The molecular formula is C18H31NO. The lowest BCUT2D eigenvalue weighted by molar-refractivity contribution is 0.359. The molecule has 0 aliphatic carbocycles. The van der Waals surface area contributed by atoms with Crippen LogP contribution in [-0.2, 0) is 5.41 Å². The lowest BCUT2D eigenvalue weighted by Crippen LogP contribution is -2.38. The maximum atomic E-state index is 5.62. The summed E-state index contributed by atoms with van der Waals surface area (Å²) in [7, 11) is 1.77. The maximum absolute atomic E-state index is 5.62. The fraction of sp³-hybridized carbons (Fsp3) is 0.667. The number of aryl methyl sites for hydroxylation is 2. The van der Waals surface area contributed by atoms with Gasteiger partial charge in [-0.15, -0.1) is 0 Å². The Morgan fingerprint density at radius 1 is 1.05 bits per heavy atom. The van der Waals surface area contributed by atoms with Gasteiger partial charge in [0, 0.05) is 11.1 Å². The van der Waals surface area contributed by atoms with E-state index in [0.29, 0.717) is 0 Å². The van der Waals surface area contributed by atoms with E-state index in [0.717, 1.165) is 18.7 Å². The van der Waals surface area contributed by atoms with E-state index in [1.807, 2.05) is 0 Å². The van der Waals surface area contributed by atoms with Crippen LogP contribution in [-0.4, -0.2) is 19.2 Å². The van der Waals surface area contributed by atoms with E-state index in [4.69, 9.17) is 4.74 Å². The van der Waals surface area contributed by atoms with Crippen molar-refractivity contribution in [1.29, 1.82) is 0 Å². The van der Waals surface area contributed by atoms with E-state index in [9.17, 15) is 0 Å². The molecule has 0 spiro atoms. The highest BCUT2D eigenvalue weighted by Gasteiger charge is 2.26. The molecule has 0 saturated heterocycles. The number of hydrogen-bond acceptors (Lipinski definition) is 2. The highest BCUT2D eigenvalue weighted by molar-refractivity contribution is 5.47. The van der Waals surface area contributed by atoms with Crippen molar-refractivity contribution in [3.8, 4) is 5.75 Å². The Hall–Kier alpha value is -1.02. The monoisotopic (exact) mass is 277 g/mol. The second kappa shape index (κ2) is 6.17. The summed E-state index contributed by atoms with van der Waals surface area (Å²) in [6.07, 6.45) is 1.09. The molecule has 0 unspecified atom stereocenters. The van der Waals surface area contributed by atoms with Gasteiger partial charge in [-0.1, -0.05) is 19.9 Å². The van der Waals surface area contributed by atoms with Crippen molar-refractivity contribution < 1.29 is 4.74 Å². The van der Waals surface area contributed by atoms with Crippen molar-refractivity contribution in [3.05, 3.63) is 28.8 Å². The van der Waals surface area contributed by atoms with E-state index in [2.05, 4.69) is 65.9 Å². The van der Waals surface area contributed by atoms with Gasteiger partial charge in [-0.05, 0) is 70.2 Å². The van der Waals surface area contributed by atoms with Crippen LogP contribution in [0.4, 0.5) is 0 Å². The quantitative estimate of drug-likeness (QED) is 0.863. The SMILES string of the molecule is COc1cc(C)cc(C)c1C(C)(C)CCNC(C)(C)C. The Kier molecular flexibility index (Phi) is 5.26. The van der Waals surface area contributed by atoms with Crippen LogP contribution in [0.2, 0.25) is 0 Å². The van der Waals surface area contributed by atoms with Gasteiger partial charge >= 0.3 is 0 Å². The molecule has 0 atom stereocenters. The van der Waals surface area contributed by atoms with Crippen molar-refractivity contribution in [2.24, 2.45) is 0 Å². The molecule has 1 aromatic rings. The highest BCUT2D eigenvalue weighted by atomic mass is 16.5. The number of hydrogen-bond donors (Lipinski definition) is 1. The van der Waals surface area contributed by atoms with Gasteiger partial charge in [-0.3, -0.25) is 0 Å². The first-order valence-corrected chi connectivity index (χ1v) is 7.47. The first-order valence-electron chi connectivity index (χ1n) is 7.47. The molecule has 1 aromatic carbocycles. The maximum Gasteiger partial charge on any atom is 0.123 e. The number of rotatable bonds is 5. The molecule has 0 aliphatic rings. The van der Waals surface area contributed by atoms with Crippen LogP contribution in [0.15, 0.2) is 12.1 Å². The number of methoxy groups -OCH3 is 1. The van der Waals surface area contributed by atoms with Gasteiger partial charge in [-0.2, -0.15) is 0 Å². The Morgan fingerprint density at radius 2 is 1.65 bits per heavy atom. The van der Waals surface area contributed by atoms with Crippen molar-refractivity contribution >= 4 is 0 Å². The Balaban J connectivity index is 2.97. The van der Waals surface area contributed by atoms with Gasteiger partial charge < -0.3 is 10.1 Å². The molecule has 2 nitrogen and oxygen atoms in total. The van der Waals surface area contributed by atoms with Crippen molar-refractivity contribution in [2.45, 2.75) is 65.8 Å². The van der Waals surface area contributed by atoms with E-state index in [1.54, 1.807) is 7.11 Å². The van der Waals surface area contributed by atoms with E-state index in [1.165, 1.54) is 16.7 Å². The Bertz CT molecular complexity index is 455. The molecule has 0 fully saturated rings. The lowest BCUT2D eigenvalue weighted by Gasteiger charge is -2.31. The molecule has 1 rings (SSSR count). The fourth-order valence-electron chi connectivity index (χ4n) is 2.83. The number of benzene rings is 1. The summed E-state index contributed by atoms with van der Waals surface area (Å²) in [5.41, 5.74) is 4.18. The zero-order valence-corrected chi connectivity index (χ0v) is 14.5. The molecule has 114 valence electrons. The largest absolute Gasteiger partial charge is 0.496 e. The second-order valence-electron chi connectivity index (χ2n) is 7.47. The number of nitrogens with one attached hydrogen (secondary N) is 1. The van der Waals surface area contributed by atoms with Crippen LogP contribution in [0.25, 0.3) is 0 Å². The van der Waals surface area contributed by atoms with E-state index < -0.39 is 0 Å². The minimum atomic E-state index is 0.0986. The molecule has 0 aliphatic heterocycles. The van der Waals surface area contributed by atoms with Gasteiger partial charge in [0.25, 0.3) is 0 Å². The van der Waals surface area contributed by atoms with E-state index >= 15 is 0 Å². The third-order valence-corrected chi connectivity index (χ3v) is 3.75. The number of ether oxygens (including phenoxy) is 1. The summed E-state index contributed by atoms with van der Waals surface area (Å²) in [4.78, 5) is 0. The third kappa shape index (κ3) is 4.52. The summed E-state index contributed by atoms with van der Waals surface area (Å²) in [6.45, 7) is 16.5. The molecule has 0 heterocycles. The van der Waals surface area contributed by atoms with Crippen LogP contribution >= 0.6 is 0 Å². The van der Waals surface area contributed by atoms with Crippen molar-refractivity contribution in [1.82, 2.24) is 5.32 Å². The topological polar surface area (TPSA) is 21.3 Å². The summed E-state index contributed by atoms with van der Waals surface area (Å²) in [5, 5.41) is 3.58. The summed E-state index contributed by atoms with van der Waals surface area (Å²) >= 11 is 0. The normalized spacial score (nSPS) is 12.6. The molecule has 20 heavy (non-hydrogen) atoms. The minimum absolute atomic E-state index is 0.0986. The second-order valence-corrected chi connectivity index (χ2v) is 7.47. The van der Waals surface area contributed by atoms with Crippen LogP contribution in [0.1, 0.15) is 57.7 Å². The van der Waals surface area contributed by atoms with Gasteiger partial charge in [-0.25, -0.2) is 0 Å². The fourth-order valence-corrected chi connectivity index (χ4v) is 2.83. The van der Waals surface area contributed by atoms with Crippen LogP contribution in [0.5, 0.6) is 5.75 Å². The summed E-state index contributed by atoms with van der Waals surface area (Å²) < 4.78 is 5.62. The zero-order valence-electron chi connectivity index (χ0n) is 14.5. The average molecular weight is 277 g/mol. The van der Waals surface area contributed by atoms with Crippen LogP contribution in [0, 0.1) is 13.8 Å². The molecule has 0 bridgehead atoms. The van der Waals surface area contributed by atoms with Gasteiger partial charge in [0.1, 0.15) is 5.75 Å². The molecule has 1 N–H and O–H groups in total. The zero-order chi connectivity index (χ0) is 15.6. The molecule has 0 aromatic heterocycles. The molecule has 0 amide bonds. The summed E-state index contributed by atoms with van der Waals surface area (Å²) in [5.74, 6) is 1.02. The lowest BCUT2D eigenvalue weighted by atomic mass is 9.78.